The molecule has 1 atom stereocenters. The van der Waals surface area contributed by atoms with E-state index in [0.29, 0.717) is 17.4 Å². The lowest BCUT2D eigenvalue weighted by molar-refractivity contribution is 0.552. The first-order valence-corrected chi connectivity index (χ1v) is 5.74. The number of para-hydroxylation sites is 1. The van der Waals surface area contributed by atoms with E-state index < -0.39 is 0 Å². The van der Waals surface area contributed by atoms with Gasteiger partial charge in [0.1, 0.15) is 0 Å². The number of anilines is 1. The summed E-state index contributed by atoms with van der Waals surface area (Å²) in [5.74, 6) is 0.653. The van der Waals surface area contributed by atoms with Crippen molar-refractivity contribution in [1.82, 2.24) is 9.55 Å². The van der Waals surface area contributed by atoms with E-state index >= 15 is 0 Å². The number of nitrogens with zero attached hydrogens (tertiary/aromatic N) is 2. The van der Waals surface area contributed by atoms with Crippen molar-refractivity contribution >= 4 is 17.0 Å². The maximum Gasteiger partial charge on any atom is 0.201 e. The van der Waals surface area contributed by atoms with E-state index in [2.05, 4.69) is 36.4 Å². The van der Waals surface area contributed by atoms with Crippen molar-refractivity contribution < 1.29 is 0 Å². The Balaban J connectivity index is 2.28. The van der Waals surface area contributed by atoms with Gasteiger partial charge in [-0.1, -0.05) is 26.0 Å². The topological polar surface area (TPSA) is 43.8 Å². The number of benzene rings is 1. The van der Waals surface area contributed by atoms with Gasteiger partial charge in [-0.3, -0.25) is 0 Å². The average Bonchev–Trinajstić information content (AvgIpc) is 2.67. The van der Waals surface area contributed by atoms with E-state index in [4.69, 9.17) is 5.73 Å². The number of hydrogen-bond donors (Lipinski definition) is 1. The van der Waals surface area contributed by atoms with Crippen LogP contribution in [0.4, 0.5) is 5.95 Å². The second-order valence-corrected chi connectivity index (χ2v) is 5.49. The van der Waals surface area contributed by atoms with Crippen molar-refractivity contribution in [2.24, 2.45) is 5.41 Å². The SMILES string of the molecule is Cc1cccc2nc(N)n(C3CC3(C)C)c12. The summed E-state index contributed by atoms with van der Waals surface area (Å²) in [7, 11) is 0. The van der Waals surface area contributed by atoms with Gasteiger partial charge >= 0.3 is 0 Å². The fourth-order valence-electron chi connectivity index (χ4n) is 2.53. The van der Waals surface area contributed by atoms with Crippen LogP contribution in [0.5, 0.6) is 0 Å². The van der Waals surface area contributed by atoms with Gasteiger partial charge in [0.2, 0.25) is 5.95 Å². The number of aromatic nitrogens is 2. The van der Waals surface area contributed by atoms with Crippen LogP contribution in [0.25, 0.3) is 11.0 Å². The largest absolute Gasteiger partial charge is 0.369 e. The Labute approximate surface area is 95.3 Å². The molecule has 1 unspecified atom stereocenters. The molecule has 84 valence electrons. The highest BCUT2D eigenvalue weighted by Crippen LogP contribution is 2.57. The molecule has 1 aromatic carbocycles. The highest BCUT2D eigenvalue weighted by atomic mass is 15.2. The molecule has 3 heteroatoms. The minimum absolute atomic E-state index is 0.365. The van der Waals surface area contributed by atoms with Gasteiger partial charge in [0, 0.05) is 6.04 Å². The van der Waals surface area contributed by atoms with Crippen LogP contribution in [-0.2, 0) is 0 Å². The molecule has 2 aromatic rings. The second kappa shape index (κ2) is 2.78. The van der Waals surface area contributed by atoms with Crippen molar-refractivity contribution in [2.45, 2.75) is 33.2 Å². The number of nitrogen functional groups attached to an aromatic ring is 1. The molecule has 1 saturated carbocycles. The normalized spacial score (nSPS) is 22.6. The first kappa shape index (κ1) is 9.70. The van der Waals surface area contributed by atoms with Crippen molar-refractivity contribution in [2.75, 3.05) is 5.73 Å². The zero-order valence-corrected chi connectivity index (χ0v) is 9.99. The van der Waals surface area contributed by atoms with Crippen LogP contribution in [-0.4, -0.2) is 9.55 Å². The highest BCUT2D eigenvalue weighted by Gasteiger charge is 2.48. The molecule has 1 fully saturated rings. The van der Waals surface area contributed by atoms with Gasteiger partial charge in [0.25, 0.3) is 0 Å². The van der Waals surface area contributed by atoms with Crippen LogP contribution in [0.2, 0.25) is 0 Å². The molecule has 1 aromatic heterocycles. The summed E-state index contributed by atoms with van der Waals surface area (Å²) in [5, 5.41) is 0. The van der Waals surface area contributed by atoms with Crippen LogP contribution in [0, 0.1) is 12.3 Å². The monoisotopic (exact) mass is 215 g/mol. The molecule has 3 rings (SSSR count). The third-order valence-electron chi connectivity index (χ3n) is 3.71. The van der Waals surface area contributed by atoms with E-state index in [-0.39, 0.29) is 0 Å². The Kier molecular flexibility index (Phi) is 1.69. The molecular formula is C13H17N3. The second-order valence-electron chi connectivity index (χ2n) is 5.49. The van der Waals surface area contributed by atoms with E-state index in [1.54, 1.807) is 0 Å². The number of nitrogens with two attached hydrogens (primary N) is 1. The van der Waals surface area contributed by atoms with Crippen LogP contribution >= 0.6 is 0 Å². The van der Waals surface area contributed by atoms with Gasteiger partial charge in [-0.2, -0.15) is 0 Å². The third-order valence-corrected chi connectivity index (χ3v) is 3.71. The zero-order chi connectivity index (χ0) is 11.5. The standard InChI is InChI=1S/C13H17N3/c1-8-5-4-6-9-11(8)16(12(14)15-9)10-7-13(10,2)3/h4-6,10H,7H2,1-3H3,(H2,14,15). The van der Waals surface area contributed by atoms with Crippen molar-refractivity contribution in [3.05, 3.63) is 23.8 Å². The smallest absolute Gasteiger partial charge is 0.201 e. The molecule has 0 radical (unpaired) electrons. The Morgan fingerprint density at radius 1 is 1.44 bits per heavy atom. The summed E-state index contributed by atoms with van der Waals surface area (Å²) in [5.41, 5.74) is 9.87. The Hall–Kier alpha value is -1.51. The van der Waals surface area contributed by atoms with Crippen LogP contribution in [0.15, 0.2) is 18.2 Å². The minimum atomic E-state index is 0.365. The molecule has 1 aliphatic rings. The van der Waals surface area contributed by atoms with Gasteiger partial charge in [0.15, 0.2) is 0 Å². The molecule has 0 bridgehead atoms. The Morgan fingerprint density at radius 2 is 2.12 bits per heavy atom. The maximum absolute atomic E-state index is 6.04. The summed E-state index contributed by atoms with van der Waals surface area (Å²) < 4.78 is 2.21. The Bertz CT molecular complexity index is 566. The third kappa shape index (κ3) is 1.17. The predicted octanol–water partition coefficient (Wildman–Crippen LogP) is 2.90. The van der Waals surface area contributed by atoms with E-state index in [9.17, 15) is 0 Å². The molecule has 0 spiro atoms. The van der Waals surface area contributed by atoms with E-state index in [1.807, 2.05) is 12.1 Å². The van der Waals surface area contributed by atoms with Crippen molar-refractivity contribution in [1.29, 1.82) is 0 Å². The quantitative estimate of drug-likeness (QED) is 0.794. The van der Waals surface area contributed by atoms with Crippen molar-refractivity contribution in [3.8, 4) is 0 Å². The Morgan fingerprint density at radius 3 is 2.75 bits per heavy atom. The number of aryl methyl sites for hydroxylation is 1. The first-order valence-electron chi connectivity index (χ1n) is 5.74. The predicted molar refractivity (Wildman–Crippen MR) is 66.3 cm³/mol. The maximum atomic E-state index is 6.04. The van der Waals surface area contributed by atoms with Crippen LogP contribution in [0.3, 0.4) is 0 Å². The van der Waals surface area contributed by atoms with Gasteiger partial charge in [-0.05, 0) is 30.4 Å². The summed E-state index contributed by atoms with van der Waals surface area (Å²) in [6, 6.07) is 6.70. The van der Waals surface area contributed by atoms with E-state index in [1.165, 1.54) is 17.5 Å². The molecule has 0 saturated heterocycles. The molecular weight excluding hydrogens is 198 g/mol. The molecule has 1 aliphatic carbocycles. The summed E-state index contributed by atoms with van der Waals surface area (Å²) in [6.45, 7) is 6.68. The molecule has 1 heterocycles. The lowest BCUT2D eigenvalue weighted by Crippen LogP contribution is -2.05. The number of imidazole rings is 1. The average molecular weight is 215 g/mol. The van der Waals surface area contributed by atoms with Crippen molar-refractivity contribution in [3.63, 3.8) is 0 Å². The van der Waals surface area contributed by atoms with Gasteiger partial charge in [-0.25, -0.2) is 4.98 Å². The lowest BCUT2D eigenvalue weighted by atomic mass is 10.1. The lowest BCUT2D eigenvalue weighted by Gasteiger charge is -2.09. The zero-order valence-electron chi connectivity index (χ0n) is 9.99. The highest BCUT2D eigenvalue weighted by molar-refractivity contribution is 5.82. The molecule has 2 N–H and O–H groups in total. The van der Waals surface area contributed by atoms with Crippen LogP contribution in [0.1, 0.15) is 31.9 Å². The summed E-state index contributed by atoms with van der Waals surface area (Å²) in [6.07, 6.45) is 1.19. The fourth-order valence-corrected chi connectivity index (χ4v) is 2.53. The molecule has 0 aliphatic heterocycles. The number of fused-ring (bicyclic) bond motifs is 1. The first-order chi connectivity index (χ1) is 7.50. The van der Waals surface area contributed by atoms with Gasteiger partial charge < -0.3 is 10.3 Å². The van der Waals surface area contributed by atoms with Gasteiger partial charge in [-0.15, -0.1) is 0 Å². The minimum Gasteiger partial charge on any atom is -0.369 e. The molecule has 16 heavy (non-hydrogen) atoms. The fraction of sp³-hybridized carbons (Fsp3) is 0.462. The number of hydrogen-bond acceptors (Lipinski definition) is 2. The summed E-state index contributed by atoms with van der Waals surface area (Å²) >= 11 is 0. The number of rotatable bonds is 1. The molecule has 3 nitrogen and oxygen atoms in total. The van der Waals surface area contributed by atoms with E-state index in [0.717, 1.165) is 5.52 Å². The van der Waals surface area contributed by atoms with Crippen LogP contribution < -0.4 is 5.73 Å². The summed E-state index contributed by atoms with van der Waals surface area (Å²) in [4.78, 5) is 4.44. The van der Waals surface area contributed by atoms with Gasteiger partial charge in [0.05, 0.1) is 11.0 Å². The molecule has 0 amide bonds.